The quantitative estimate of drug-likeness (QED) is 0.928. The second-order valence-corrected chi connectivity index (χ2v) is 7.53. The van der Waals surface area contributed by atoms with Crippen LogP contribution < -0.4 is 5.73 Å². The summed E-state index contributed by atoms with van der Waals surface area (Å²) < 4.78 is 0. The molecule has 1 fully saturated rings. The zero-order valence-corrected chi connectivity index (χ0v) is 14.5. The van der Waals surface area contributed by atoms with E-state index < -0.39 is 0 Å². The molecule has 0 aromatic heterocycles. The van der Waals surface area contributed by atoms with Crippen molar-refractivity contribution in [2.45, 2.75) is 51.9 Å². The lowest BCUT2D eigenvalue weighted by molar-refractivity contribution is -0.134. The molecule has 126 valence electrons. The molecule has 1 aromatic carbocycles. The Bertz CT molecular complexity index is 558. The molecule has 23 heavy (non-hydrogen) atoms. The number of aryl methyl sites for hydroxylation is 1. The van der Waals surface area contributed by atoms with Crippen molar-refractivity contribution >= 4 is 11.8 Å². The molecule has 1 aliphatic heterocycles. The van der Waals surface area contributed by atoms with Crippen LogP contribution in [0.1, 0.15) is 51.2 Å². The van der Waals surface area contributed by atoms with E-state index in [0.29, 0.717) is 13.0 Å². The maximum atomic E-state index is 12.3. The van der Waals surface area contributed by atoms with E-state index in [2.05, 4.69) is 45.0 Å². The summed E-state index contributed by atoms with van der Waals surface area (Å²) in [7, 11) is 0. The Hall–Kier alpha value is -1.84. The molecule has 0 radical (unpaired) electrons. The van der Waals surface area contributed by atoms with E-state index in [1.807, 2.05) is 0 Å². The van der Waals surface area contributed by atoms with Gasteiger partial charge in [-0.15, -0.1) is 0 Å². The first-order chi connectivity index (χ1) is 10.8. The number of piperidine rings is 1. The number of likely N-dealkylation sites (tertiary alicyclic amines) is 1. The van der Waals surface area contributed by atoms with Gasteiger partial charge in [0.05, 0.1) is 5.92 Å². The van der Waals surface area contributed by atoms with Crippen LogP contribution in [-0.4, -0.2) is 29.8 Å². The van der Waals surface area contributed by atoms with Gasteiger partial charge in [0.15, 0.2) is 0 Å². The summed E-state index contributed by atoms with van der Waals surface area (Å²) in [6.45, 7) is 7.80. The maximum absolute atomic E-state index is 12.3. The van der Waals surface area contributed by atoms with Crippen molar-refractivity contribution in [3.05, 3.63) is 35.4 Å². The molecule has 0 spiro atoms. The van der Waals surface area contributed by atoms with Crippen molar-refractivity contribution < 1.29 is 9.59 Å². The number of nitrogens with zero attached hydrogens (tertiary/aromatic N) is 1. The van der Waals surface area contributed by atoms with Crippen LogP contribution in [0.2, 0.25) is 0 Å². The lowest BCUT2D eigenvalue weighted by Crippen LogP contribution is -2.44. The number of carbonyl (C=O) groups excluding carboxylic acids is 2. The SMILES string of the molecule is CC(C)(C)c1ccc(CCC(=O)N2CCCC(C(N)=O)C2)cc1. The average Bonchev–Trinajstić information content (AvgIpc) is 2.52. The number of primary amides is 1. The molecule has 1 saturated heterocycles. The maximum Gasteiger partial charge on any atom is 0.222 e. The van der Waals surface area contributed by atoms with E-state index in [1.165, 1.54) is 11.1 Å². The van der Waals surface area contributed by atoms with Gasteiger partial charge in [0.1, 0.15) is 0 Å². The van der Waals surface area contributed by atoms with Gasteiger partial charge in [-0.1, -0.05) is 45.0 Å². The van der Waals surface area contributed by atoms with Gasteiger partial charge in [-0.2, -0.15) is 0 Å². The number of benzene rings is 1. The third-order valence-electron chi connectivity index (χ3n) is 4.62. The molecule has 1 aromatic rings. The van der Waals surface area contributed by atoms with Gasteiger partial charge in [0, 0.05) is 19.5 Å². The highest BCUT2D eigenvalue weighted by Gasteiger charge is 2.26. The standard InChI is InChI=1S/C19H28N2O2/c1-19(2,3)16-9-6-14(7-10-16)8-11-17(22)21-12-4-5-15(13-21)18(20)23/h6-7,9-10,15H,4-5,8,11-13H2,1-3H3,(H2,20,23). The minimum atomic E-state index is -0.291. The minimum absolute atomic E-state index is 0.121. The summed E-state index contributed by atoms with van der Waals surface area (Å²) in [5.41, 5.74) is 7.99. The number of carbonyl (C=O) groups is 2. The number of hydrogen-bond donors (Lipinski definition) is 1. The van der Waals surface area contributed by atoms with E-state index in [0.717, 1.165) is 25.8 Å². The molecule has 0 saturated carbocycles. The van der Waals surface area contributed by atoms with Crippen LogP contribution in [0.25, 0.3) is 0 Å². The molecule has 1 atom stereocenters. The number of amides is 2. The summed E-state index contributed by atoms with van der Waals surface area (Å²) >= 11 is 0. The summed E-state index contributed by atoms with van der Waals surface area (Å²) in [5, 5.41) is 0. The van der Waals surface area contributed by atoms with Crippen molar-refractivity contribution in [1.29, 1.82) is 0 Å². The van der Waals surface area contributed by atoms with Crippen LogP contribution in [0.5, 0.6) is 0 Å². The van der Waals surface area contributed by atoms with Crippen molar-refractivity contribution in [1.82, 2.24) is 4.90 Å². The van der Waals surface area contributed by atoms with E-state index in [4.69, 9.17) is 5.73 Å². The number of hydrogen-bond acceptors (Lipinski definition) is 2. The molecule has 2 amide bonds. The smallest absolute Gasteiger partial charge is 0.222 e. The van der Waals surface area contributed by atoms with E-state index in [-0.39, 0.29) is 23.1 Å². The Labute approximate surface area is 139 Å². The fraction of sp³-hybridized carbons (Fsp3) is 0.579. The fourth-order valence-electron chi connectivity index (χ4n) is 3.02. The molecular weight excluding hydrogens is 288 g/mol. The van der Waals surface area contributed by atoms with Crippen molar-refractivity contribution in [3.8, 4) is 0 Å². The van der Waals surface area contributed by atoms with Crippen LogP contribution >= 0.6 is 0 Å². The van der Waals surface area contributed by atoms with Gasteiger partial charge in [-0.25, -0.2) is 0 Å². The molecule has 0 aliphatic carbocycles. The Morgan fingerprint density at radius 1 is 1.22 bits per heavy atom. The van der Waals surface area contributed by atoms with Crippen molar-refractivity contribution in [2.75, 3.05) is 13.1 Å². The number of rotatable bonds is 4. The summed E-state index contributed by atoms with van der Waals surface area (Å²) in [6.07, 6.45) is 2.88. The molecule has 1 unspecified atom stereocenters. The highest BCUT2D eigenvalue weighted by atomic mass is 16.2. The summed E-state index contributed by atoms with van der Waals surface area (Å²) in [5.74, 6) is -0.352. The van der Waals surface area contributed by atoms with Gasteiger partial charge in [0.25, 0.3) is 0 Å². The molecule has 1 heterocycles. The van der Waals surface area contributed by atoms with E-state index >= 15 is 0 Å². The lowest BCUT2D eigenvalue weighted by Gasteiger charge is -2.31. The Balaban J connectivity index is 1.88. The normalized spacial score (nSPS) is 18.7. The Kier molecular flexibility index (Phi) is 5.45. The van der Waals surface area contributed by atoms with Crippen LogP contribution in [-0.2, 0) is 21.4 Å². The third-order valence-corrected chi connectivity index (χ3v) is 4.62. The largest absolute Gasteiger partial charge is 0.369 e. The first-order valence-electron chi connectivity index (χ1n) is 8.44. The van der Waals surface area contributed by atoms with E-state index in [1.54, 1.807) is 4.90 Å². The zero-order chi connectivity index (χ0) is 17.0. The summed E-state index contributed by atoms with van der Waals surface area (Å²) in [6, 6.07) is 8.50. The molecule has 2 N–H and O–H groups in total. The van der Waals surface area contributed by atoms with Gasteiger partial charge >= 0.3 is 0 Å². The van der Waals surface area contributed by atoms with Crippen LogP contribution in [0, 0.1) is 5.92 Å². The monoisotopic (exact) mass is 316 g/mol. The van der Waals surface area contributed by atoms with Crippen LogP contribution in [0.4, 0.5) is 0 Å². The molecule has 4 heteroatoms. The number of nitrogens with two attached hydrogens (primary N) is 1. The zero-order valence-electron chi connectivity index (χ0n) is 14.5. The lowest BCUT2D eigenvalue weighted by atomic mass is 9.86. The molecule has 1 aliphatic rings. The highest BCUT2D eigenvalue weighted by molar-refractivity contribution is 5.80. The second kappa shape index (κ2) is 7.16. The minimum Gasteiger partial charge on any atom is -0.369 e. The predicted octanol–water partition coefficient (Wildman–Crippen LogP) is 2.64. The second-order valence-electron chi connectivity index (χ2n) is 7.53. The van der Waals surface area contributed by atoms with Crippen molar-refractivity contribution in [3.63, 3.8) is 0 Å². The first-order valence-corrected chi connectivity index (χ1v) is 8.44. The third kappa shape index (κ3) is 4.81. The molecule has 0 bridgehead atoms. The van der Waals surface area contributed by atoms with Gasteiger partial charge in [0.2, 0.25) is 11.8 Å². The predicted molar refractivity (Wildman–Crippen MR) is 92.0 cm³/mol. The van der Waals surface area contributed by atoms with Gasteiger partial charge < -0.3 is 10.6 Å². The summed E-state index contributed by atoms with van der Waals surface area (Å²) in [4.78, 5) is 25.4. The average molecular weight is 316 g/mol. The van der Waals surface area contributed by atoms with Crippen molar-refractivity contribution in [2.24, 2.45) is 11.7 Å². The fourth-order valence-corrected chi connectivity index (χ4v) is 3.02. The first kappa shape index (κ1) is 17.5. The van der Waals surface area contributed by atoms with Gasteiger partial charge in [-0.05, 0) is 35.8 Å². The van der Waals surface area contributed by atoms with Gasteiger partial charge in [-0.3, -0.25) is 9.59 Å². The molecular formula is C19H28N2O2. The molecule has 4 nitrogen and oxygen atoms in total. The Morgan fingerprint density at radius 3 is 2.43 bits per heavy atom. The topological polar surface area (TPSA) is 63.4 Å². The molecule has 2 rings (SSSR count). The van der Waals surface area contributed by atoms with E-state index in [9.17, 15) is 9.59 Å². The van der Waals surface area contributed by atoms with Crippen LogP contribution in [0.15, 0.2) is 24.3 Å². The highest BCUT2D eigenvalue weighted by Crippen LogP contribution is 2.23. The van der Waals surface area contributed by atoms with Crippen LogP contribution in [0.3, 0.4) is 0 Å². The Morgan fingerprint density at radius 2 is 1.87 bits per heavy atom.